The van der Waals surface area contributed by atoms with Crippen LogP contribution in [-0.4, -0.2) is 43.6 Å². The molecule has 142 valence electrons. The van der Waals surface area contributed by atoms with Crippen LogP contribution in [0.5, 0.6) is 0 Å². The van der Waals surface area contributed by atoms with Crippen molar-refractivity contribution in [1.82, 2.24) is 25.2 Å². The van der Waals surface area contributed by atoms with Gasteiger partial charge in [-0.25, -0.2) is 4.79 Å². The first-order chi connectivity index (χ1) is 13.7. The number of nitrogens with zero attached hydrogens (tertiary/aromatic N) is 4. The Morgan fingerprint density at radius 2 is 2.14 bits per heavy atom. The molecular formula is C19H17N5O3S. The average Bonchev–Trinajstić information content (AvgIpc) is 3.45. The van der Waals surface area contributed by atoms with Gasteiger partial charge in [0.25, 0.3) is 0 Å². The van der Waals surface area contributed by atoms with Crippen LogP contribution >= 0.6 is 11.3 Å². The number of aryl methyl sites for hydroxylation is 1. The maximum Gasteiger partial charge on any atom is 0.330 e. The van der Waals surface area contributed by atoms with Crippen LogP contribution in [0.25, 0.3) is 21.6 Å². The lowest BCUT2D eigenvalue weighted by Crippen LogP contribution is -2.19. The number of ketones is 1. The smallest absolute Gasteiger partial charge is 0.330 e. The van der Waals surface area contributed by atoms with Crippen molar-refractivity contribution in [1.29, 1.82) is 0 Å². The molecule has 0 saturated heterocycles. The molecule has 0 aliphatic carbocycles. The van der Waals surface area contributed by atoms with E-state index in [-0.39, 0.29) is 18.9 Å². The van der Waals surface area contributed by atoms with Crippen LogP contribution in [0, 0.1) is 0 Å². The normalized spacial score (nSPS) is 11.0. The summed E-state index contributed by atoms with van der Waals surface area (Å²) >= 11 is 1.48. The molecule has 8 nitrogen and oxygen atoms in total. The number of tetrazole rings is 1. The molecule has 4 rings (SSSR count). The molecule has 0 unspecified atom stereocenters. The Hall–Kier alpha value is -3.33. The van der Waals surface area contributed by atoms with Crippen molar-refractivity contribution in [3.05, 3.63) is 53.0 Å². The Labute approximate surface area is 164 Å². The average molecular weight is 395 g/mol. The number of rotatable bonds is 7. The van der Waals surface area contributed by atoms with Crippen LogP contribution in [0.4, 0.5) is 0 Å². The van der Waals surface area contributed by atoms with E-state index in [9.17, 15) is 9.59 Å². The monoisotopic (exact) mass is 395 g/mol. The summed E-state index contributed by atoms with van der Waals surface area (Å²) in [6.45, 7) is 1.51. The molecule has 1 N–H and O–H groups in total. The third-order valence-corrected chi connectivity index (χ3v) is 5.18. The molecule has 4 aromatic rings. The van der Waals surface area contributed by atoms with E-state index in [0.717, 1.165) is 32.6 Å². The van der Waals surface area contributed by atoms with E-state index in [4.69, 9.17) is 4.74 Å². The summed E-state index contributed by atoms with van der Waals surface area (Å²) in [7, 11) is 0. The topological polar surface area (TPSA) is 103 Å². The lowest BCUT2D eigenvalue weighted by Gasteiger charge is -2.04. The molecule has 0 aliphatic rings. The number of ether oxygens (including phenoxy) is 1. The Kier molecular flexibility index (Phi) is 4.98. The summed E-state index contributed by atoms with van der Waals surface area (Å²) in [5.74, 6) is -0.416. The van der Waals surface area contributed by atoms with E-state index in [1.807, 2.05) is 35.7 Å². The number of aromatic nitrogens is 5. The molecular weight excluding hydrogens is 378 g/mol. The standard InChI is InChI=1S/C19H17N5O3S/c1-2-12-5-3-6-13-14(9-20-18(12)13)15(25)11-27-17(26)10-24-22-19(21-23-24)16-7-4-8-28-16/h3-9,20H,2,10-11H2,1H3. The highest BCUT2D eigenvalue weighted by atomic mass is 32.1. The van der Waals surface area contributed by atoms with E-state index >= 15 is 0 Å². The number of hydrogen-bond donors (Lipinski definition) is 1. The summed E-state index contributed by atoms with van der Waals surface area (Å²) in [6, 6.07) is 9.57. The van der Waals surface area contributed by atoms with Crippen LogP contribution in [0.2, 0.25) is 0 Å². The number of thiophene rings is 1. The minimum absolute atomic E-state index is 0.209. The SMILES string of the molecule is CCc1cccc2c(C(=O)COC(=O)Cn3nnc(-c4cccs4)n3)c[nH]c12. The first kappa shape index (κ1) is 18.1. The molecule has 9 heteroatoms. The van der Waals surface area contributed by atoms with Gasteiger partial charge in [-0.15, -0.1) is 21.5 Å². The molecule has 28 heavy (non-hydrogen) atoms. The Balaban J connectivity index is 1.38. The molecule has 0 aliphatic heterocycles. The molecule has 0 atom stereocenters. The fraction of sp³-hybridized carbons (Fsp3) is 0.211. The number of nitrogens with one attached hydrogen (secondary N) is 1. The van der Waals surface area contributed by atoms with Crippen LogP contribution in [0.3, 0.4) is 0 Å². The van der Waals surface area contributed by atoms with Gasteiger partial charge in [0.05, 0.1) is 4.88 Å². The van der Waals surface area contributed by atoms with E-state index in [1.54, 1.807) is 6.20 Å². The molecule has 3 aromatic heterocycles. The summed E-state index contributed by atoms with van der Waals surface area (Å²) in [4.78, 5) is 29.7. The first-order valence-corrected chi connectivity index (χ1v) is 9.63. The summed E-state index contributed by atoms with van der Waals surface area (Å²) < 4.78 is 5.11. The van der Waals surface area contributed by atoms with Crippen molar-refractivity contribution in [2.75, 3.05) is 6.61 Å². The van der Waals surface area contributed by atoms with Gasteiger partial charge in [0, 0.05) is 22.7 Å². The third-order valence-electron chi connectivity index (χ3n) is 4.31. The molecule has 3 heterocycles. The third kappa shape index (κ3) is 3.56. The maximum atomic E-state index is 12.5. The predicted molar refractivity (Wildman–Crippen MR) is 104 cm³/mol. The Morgan fingerprint density at radius 3 is 2.93 bits per heavy atom. The molecule has 0 spiro atoms. The number of hydrogen-bond acceptors (Lipinski definition) is 7. The van der Waals surface area contributed by atoms with Gasteiger partial charge in [0.2, 0.25) is 11.6 Å². The Bertz CT molecular complexity index is 1130. The lowest BCUT2D eigenvalue weighted by atomic mass is 10.1. The van der Waals surface area contributed by atoms with Gasteiger partial charge in [-0.3, -0.25) is 4.79 Å². The van der Waals surface area contributed by atoms with E-state index in [1.165, 1.54) is 11.3 Å². The van der Waals surface area contributed by atoms with E-state index in [2.05, 4.69) is 27.3 Å². The van der Waals surface area contributed by atoms with Crippen LogP contribution < -0.4 is 0 Å². The fourth-order valence-corrected chi connectivity index (χ4v) is 3.59. The van der Waals surface area contributed by atoms with Crippen LogP contribution in [0.15, 0.2) is 41.9 Å². The highest BCUT2D eigenvalue weighted by Crippen LogP contribution is 2.23. The second-order valence-electron chi connectivity index (χ2n) is 6.10. The minimum Gasteiger partial charge on any atom is -0.456 e. The van der Waals surface area contributed by atoms with E-state index < -0.39 is 5.97 Å². The number of H-pyrrole nitrogens is 1. The zero-order chi connectivity index (χ0) is 19.5. The maximum absolute atomic E-state index is 12.5. The highest BCUT2D eigenvalue weighted by Gasteiger charge is 2.16. The van der Waals surface area contributed by atoms with Crippen molar-refractivity contribution < 1.29 is 14.3 Å². The van der Waals surface area contributed by atoms with Gasteiger partial charge >= 0.3 is 5.97 Å². The number of esters is 1. The van der Waals surface area contributed by atoms with Gasteiger partial charge in [-0.2, -0.15) is 4.80 Å². The molecule has 0 saturated carbocycles. The van der Waals surface area contributed by atoms with Gasteiger partial charge in [0.15, 0.2) is 13.2 Å². The van der Waals surface area contributed by atoms with Crippen LogP contribution in [0.1, 0.15) is 22.8 Å². The summed E-state index contributed by atoms with van der Waals surface area (Å²) in [5.41, 5.74) is 2.58. The van der Waals surface area contributed by atoms with Crippen LogP contribution in [-0.2, 0) is 22.5 Å². The summed E-state index contributed by atoms with van der Waals surface area (Å²) in [5, 5.41) is 14.6. The minimum atomic E-state index is -0.599. The molecule has 0 amide bonds. The quantitative estimate of drug-likeness (QED) is 0.381. The fourth-order valence-electron chi connectivity index (χ4n) is 2.94. The zero-order valence-corrected chi connectivity index (χ0v) is 15.9. The predicted octanol–water partition coefficient (Wildman–Crippen LogP) is 2.87. The van der Waals surface area contributed by atoms with Gasteiger partial charge in [-0.05, 0) is 28.6 Å². The number of benzene rings is 1. The van der Waals surface area contributed by atoms with Gasteiger partial charge in [0.1, 0.15) is 0 Å². The highest BCUT2D eigenvalue weighted by molar-refractivity contribution is 7.13. The van der Waals surface area contributed by atoms with Crippen molar-refractivity contribution in [2.45, 2.75) is 19.9 Å². The van der Waals surface area contributed by atoms with E-state index in [0.29, 0.717) is 11.4 Å². The number of aromatic amines is 1. The second kappa shape index (κ2) is 7.73. The zero-order valence-electron chi connectivity index (χ0n) is 15.1. The second-order valence-corrected chi connectivity index (χ2v) is 7.05. The van der Waals surface area contributed by atoms with Crippen molar-refractivity contribution in [3.63, 3.8) is 0 Å². The number of carbonyl (C=O) groups excluding carboxylic acids is 2. The lowest BCUT2D eigenvalue weighted by molar-refractivity contribution is -0.143. The first-order valence-electron chi connectivity index (χ1n) is 8.75. The van der Waals surface area contributed by atoms with Crippen molar-refractivity contribution >= 4 is 34.0 Å². The molecule has 0 fully saturated rings. The van der Waals surface area contributed by atoms with Gasteiger partial charge < -0.3 is 9.72 Å². The largest absolute Gasteiger partial charge is 0.456 e. The number of Topliss-reactive ketones (excluding diaryl/α,β-unsaturated/α-hetero) is 1. The number of para-hydroxylation sites is 1. The number of fused-ring (bicyclic) bond motifs is 1. The number of carbonyl (C=O) groups is 2. The van der Waals surface area contributed by atoms with Crippen molar-refractivity contribution in [2.24, 2.45) is 0 Å². The van der Waals surface area contributed by atoms with Crippen molar-refractivity contribution in [3.8, 4) is 10.7 Å². The Morgan fingerprint density at radius 1 is 1.25 bits per heavy atom. The molecule has 0 radical (unpaired) electrons. The molecule has 1 aromatic carbocycles. The molecule has 0 bridgehead atoms. The van der Waals surface area contributed by atoms with Gasteiger partial charge in [-0.1, -0.05) is 31.2 Å². The summed E-state index contributed by atoms with van der Waals surface area (Å²) in [6.07, 6.45) is 2.52.